The number of nitrogens with zero attached hydrogens (tertiary/aromatic N) is 2. The zero-order valence-corrected chi connectivity index (χ0v) is 37.9. The van der Waals surface area contributed by atoms with Crippen LogP contribution >= 0.6 is 0 Å². The van der Waals surface area contributed by atoms with Crippen molar-refractivity contribution in [3.63, 3.8) is 0 Å². The Labute approximate surface area is 388 Å². The van der Waals surface area contributed by atoms with Crippen molar-refractivity contribution in [1.29, 1.82) is 0 Å². The van der Waals surface area contributed by atoms with Crippen molar-refractivity contribution in [2.24, 2.45) is 0 Å². The molecule has 0 spiro atoms. The molecule has 14 nitrogen and oxygen atoms in total. The minimum Gasteiger partial charge on any atom is -0.394 e. The van der Waals surface area contributed by atoms with E-state index < -0.39 is 72.6 Å². The van der Waals surface area contributed by atoms with Crippen LogP contribution in [0.3, 0.4) is 0 Å². The van der Waals surface area contributed by atoms with E-state index in [1.165, 1.54) is 120 Å². The van der Waals surface area contributed by atoms with Crippen molar-refractivity contribution in [2.75, 3.05) is 47.1 Å². The van der Waals surface area contributed by atoms with E-state index >= 15 is 0 Å². The second-order valence-corrected chi connectivity index (χ2v) is 21.7. The average molecular weight is 923 g/mol. The second-order valence-electron chi connectivity index (χ2n) is 21.7. The highest BCUT2D eigenvalue weighted by molar-refractivity contribution is 6.55. The standard InChI is InChI=1S/C42H31NO6.C12H23NO6/c44-15-26-41(47)13-25(46)42(49-26,14-24(41)45)48-6-5-43-39-18-3-4-19-10-23-12-21-8-17-2-1-16-7-20-11-22(9-18)31-29(20)33-27(16)28(17)34-30(21)32(23)38(40(19)43)36(35(33)34)37(31)39;1-13(2)3-4-18-12-6-8(15)11(17,5-9(12)16)10(7-14)19-12/h1-2,7-10,24-26,44-47H,3-6,11-15H2;8-10,14-17H,3-7H2,1-2H3. The fourth-order valence-electron chi connectivity index (χ4n) is 15.0. The molecule has 0 radical (unpaired) electrons. The fraction of sp³-hybridized carbons (Fsp3) is 0.481. The molecule has 10 atom stereocenters. The quantitative estimate of drug-likeness (QED) is 0.0730. The van der Waals surface area contributed by atoms with E-state index in [0.717, 1.165) is 25.7 Å². The minimum absolute atomic E-state index is 0.00536. The number of rotatable bonds is 10. The van der Waals surface area contributed by atoms with Gasteiger partial charge in [0.2, 0.25) is 0 Å². The monoisotopic (exact) mass is 922 g/mol. The fourth-order valence-corrected chi connectivity index (χ4v) is 15.0. The average Bonchev–Trinajstić information content (AvgIpc) is 3.96. The van der Waals surface area contributed by atoms with Gasteiger partial charge in [0.25, 0.3) is 0 Å². The Bertz CT molecular complexity index is 3440. The van der Waals surface area contributed by atoms with Crippen LogP contribution < -0.4 is 0 Å². The number of likely N-dealkylation sites (N-methyl/N-ethyl adjacent to an activating group) is 1. The Balaban J connectivity index is 0.000000188. The number of hydrogen-bond donors (Lipinski definition) is 8. The third-order valence-corrected chi connectivity index (χ3v) is 18.1. The summed E-state index contributed by atoms with van der Waals surface area (Å²) in [5.41, 5.74) is 7.85. The van der Waals surface area contributed by atoms with Gasteiger partial charge in [-0.25, -0.2) is 0 Å². The topological polar surface area (TPSA) is 207 Å². The number of pyridine rings is 1. The van der Waals surface area contributed by atoms with Crippen molar-refractivity contribution in [3.8, 4) is 0 Å². The molecule has 352 valence electrons. The first-order valence-corrected chi connectivity index (χ1v) is 24.4. The molecule has 2 saturated carbocycles. The molecule has 9 aliphatic rings. The van der Waals surface area contributed by atoms with Crippen LogP contribution in [0.4, 0.5) is 0 Å². The Morgan fingerprint density at radius 2 is 0.971 bits per heavy atom. The summed E-state index contributed by atoms with van der Waals surface area (Å²) in [7, 11) is 3.79. The molecule has 0 amide bonds. The molecule has 9 aromatic rings. The summed E-state index contributed by atoms with van der Waals surface area (Å²) in [6.07, 6.45) is -2.71. The molecular formula is C54H54N2O12. The maximum absolute atomic E-state index is 11.2. The highest BCUT2D eigenvalue weighted by Crippen LogP contribution is 2.61. The second kappa shape index (κ2) is 13.3. The maximum Gasteiger partial charge on any atom is 0.197 e. The van der Waals surface area contributed by atoms with Gasteiger partial charge in [0.15, 0.2) is 11.6 Å². The molecule has 68 heavy (non-hydrogen) atoms. The number of ether oxygens (including phenoxy) is 4. The van der Waals surface area contributed by atoms with Crippen molar-refractivity contribution in [3.05, 3.63) is 69.8 Å². The predicted molar refractivity (Wildman–Crippen MR) is 254 cm³/mol. The van der Waals surface area contributed by atoms with Gasteiger partial charge in [-0.2, -0.15) is 0 Å². The van der Waals surface area contributed by atoms with Crippen molar-refractivity contribution in [2.45, 2.75) is 117 Å². The summed E-state index contributed by atoms with van der Waals surface area (Å²) in [6, 6.07) is 14.6. The molecule has 18 rings (SSSR count). The minimum atomic E-state index is -1.69. The summed E-state index contributed by atoms with van der Waals surface area (Å²) in [5, 5.41) is 103. The molecule has 6 fully saturated rings. The summed E-state index contributed by atoms with van der Waals surface area (Å²) < 4.78 is 26.3. The van der Waals surface area contributed by atoms with Gasteiger partial charge < -0.3 is 69.3 Å². The lowest BCUT2D eigenvalue weighted by Crippen LogP contribution is -2.74. The molecule has 8 N–H and O–H groups in total. The SMILES string of the molecule is CN(C)CCOC12CC(O)C(O)(CC1O)C(CO)O2.OCC1OC2(OCCn3c4c5cc6c7c8c(cc9ccc%10cc%11c%12c%13c(cc(c3c%13c(c3c8c9c%10c%123)c74)CC5)C%11)C6)CC(O)C1(O)CC2O. The Hall–Kier alpha value is -4.36. The summed E-state index contributed by atoms with van der Waals surface area (Å²) >= 11 is 0. The van der Waals surface area contributed by atoms with E-state index in [1.807, 2.05) is 19.0 Å². The summed E-state index contributed by atoms with van der Waals surface area (Å²) in [5.74, 6) is -2.83. The summed E-state index contributed by atoms with van der Waals surface area (Å²) in [4.78, 5) is 1.92. The number of benzene rings is 7. The first-order chi connectivity index (χ1) is 32.7. The lowest BCUT2D eigenvalue weighted by Gasteiger charge is -2.58. The van der Waals surface area contributed by atoms with Gasteiger partial charge in [-0.05, 0) is 127 Å². The van der Waals surface area contributed by atoms with Gasteiger partial charge in [-0.15, -0.1) is 0 Å². The van der Waals surface area contributed by atoms with Gasteiger partial charge in [0.1, 0.15) is 35.6 Å². The molecule has 4 saturated heterocycles. The molecule has 6 bridgehead atoms. The number of fused-ring (bicyclic) bond motifs is 6. The zero-order valence-electron chi connectivity index (χ0n) is 37.9. The largest absolute Gasteiger partial charge is 0.394 e. The number of aliphatic hydroxyl groups excluding tert-OH is 6. The molecule has 1 aromatic heterocycles. The Kier molecular flexibility index (Phi) is 8.12. The predicted octanol–water partition coefficient (Wildman–Crippen LogP) is 3.62. The van der Waals surface area contributed by atoms with E-state index in [4.69, 9.17) is 18.9 Å². The van der Waals surface area contributed by atoms with Crippen molar-refractivity contribution < 1.29 is 59.8 Å². The molecule has 10 unspecified atom stereocenters. The normalized spacial score (nSPS) is 33.4. The van der Waals surface area contributed by atoms with Crippen LogP contribution in [0.15, 0.2) is 36.4 Å². The van der Waals surface area contributed by atoms with Crippen molar-refractivity contribution in [1.82, 2.24) is 9.47 Å². The maximum atomic E-state index is 11.2. The van der Waals surface area contributed by atoms with E-state index in [0.29, 0.717) is 19.7 Å². The first kappa shape index (κ1) is 41.4. The van der Waals surface area contributed by atoms with Crippen LogP contribution in [0.25, 0.3) is 86.4 Å². The highest BCUT2D eigenvalue weighted by atomic mass is 16.7. The van der Waals surface area contributed by atoms with Gasteiger partial charge in [0.05, 0.1) is 49.7 Å². The summed E-state index contributed by atoms with van der Waals surface area (Å²) in [6.45, 7) is 0.858. The van der Waals surface area contributed by atoms with Crippen LogP contribution in [-0.2, 0) is 51.2 Å². The molecule has 5 aliphatic heterocycles. The number of aromatic nitrogens is 1. The number of aryl methyl sites for hydroxylation is 2. The third kappa shape index (κ3) is 4.79. The van der Waals surface area contributed by atoms with Gasteiger partial charge in [0, 0.05) is 60.3 Å². The molecule has 6 heterocycles. The highest BCUT2D eigenvalue weighted by Gasteiger charge is 2.66. The molecule has 14 heteroatoms. The molecule has 4 aliphatic carbocycles. The van der Waals surface area contributed by atoms with Gasteiger partial charge in [-0.1, -0.05) is 36.4 Å². The van der Waals surface area contributed by atoms with Crippen LogP contribution in [0, 0.1) is 0 Å². The van der Waals surface area contributed by atoms with Crippen LogP contribution in [0.2, 0.25) is 0 Å². The number of hydrogen-bond acceptors (Lipinski definition) is 13. The zero-order chi connectivity index (χ0) is 46.3. The van der Waals surface area contributed by atoms with Gasteiger partial charge >= 0.3 is 0 Å². The van der Waals surface area contributed by atoms with E-state index in [2.05, 4.69) is 41.0 Å². The molecule has 8 aromatic carbocycles. The van der Waals surface area contributed by atoms with E-state index in [-0.39, 0.29) is 32.3 Å². The van der Waals surface area contributed by atoms with E-state index in [9.17, 15) is 40.9 Å². The smallest absolute Gasteiger partial charge is 0.197 e. The van der Waals surface area contributed by atoms with Crippen LogP contribution in [0.5, 0.6) is 0 Å². The lowest BCUT2D eigenvalue weighted by molar-refractivity contribution is -0.412. The van der Waals surface area contributed by atoms with Crippen LogP contribution in [-0.4, -0.2) is 157 Å². The van der Waals surface area contributed by atoms with Crippen LogP contribution in [0.1, 0.15) is 59.1 Å². The third-order valence-electron chi connectivity index (χ3n) is 18.1. The Morgan fingerprint density at radius 1 is 0.544 bits per heavy atom. The first-order valence-electron chi connectivity index (χ1n) is 24.4. The van der Waals surface area contributed by atoms with Crippen molar-refractivity contribution >= 4 is 86.4 Å². The number of aliphatic hydroxyl groups is 8. The van der Waals surface area contributed by atoms with Gasteiger partial charge in [-0.3, -0.25) is 0 Å². The molecular weight excluding hydrogens is 869 g/mol. The lowest BCUT2D eigenvalue weighted by atomic mass is 9.70. The van der Waals surface area contributed by atoms with E-state index in [1.54, 1.807) is 0 Å². The Morgan fingerprint density at radius 3 is 1.44 bits per heavy atom.